The lowest BCUT2D eigenvalue weighted by atomic mass is 9.82. The predicted molar refractivity (Wildman–Crippen MR) is 96.6 cm³/mol. The van der Waals surface area contributed by atoms with Gasteiger partial charge in [-0.1, -0.05) is 38.4 Å². The van der Waals surface area contributed by atoms with Crippen molar-refractivity contribution in [2.45, 2.75) is 45.8 Å². The molecule has 0 bridgehead atoms. The zero-order chi connectivity index (χ0) is 18.8. The first-order chi connectivity index (χ1) is 11.6. The molecule has 7 heteroatoms. The lowest BCUT2D eigenvalue weighted by Gasteiger charge is -2.40. The van der Waals surface area contributed by atoms with E-state index >= 15 is 0 Å². The van der Waals surface area contributed by atoms with Crippen LogP contribution in [0.4, 0.5) is 4.79 Å². The molecule has 6 nitrogen and oxygen atoms in total. The molecule has 2 heterocycles. The molecule has 2 atom stereocenters. The van der Waals surface area contributed by atoms with Crippen molar-refractivity contribution in [2.75, 3.05) is 13.2 Å². The van der Waals surface area contributed by atoms with Crippen LogP contribution in [0.1, 0.15) is 38.4 Å². The van der Waals surface area contributed by atoms with Gasteiger partial charge in [0.1, 0.15) is 0 Å². The van der Waals surface area contributed by atoms with Crippen LogP contribution in [-0.4, -0.2) is 56.6 Å². The summed E-state index contributed by atoms with van der Waals surface area (Å²) in [6.07, 6.45) is 2.63. The summed E-state index contributed by atoms with van der Waals surface area (Å²) in [6, 6.07) is 1.47. The number of aliphatic hydroxyl groups excluding tert-OH is 2. The highest BCUT2D eigenvalue weighted by molar-refractivity contribution is 6.32. The number of carbonyl (C=O) groups is 1. The summed E-state index contributed by atoms with van der Waals surface area (Å²) >= 11 is 6.37. The van der Waals surface area contributed by atoms with Crippen LogP contribution in [0.25, 0.3) is 5.57 Å². The van der Waals surface area contributed by atoms with E-state index in [1.807, 2.05) is 26.8 Å². The van der Waals surface area contributed by atoms with Crippen molar-refractivity contribution in [3.8, 4) is 0 Å². The average molecular weight is 369 g/mol. The summed E-state index contributed by atoms with van der Waals surface area (Å²) in [5.41, 5.74) is 2.06. The van der Waals surface area contributed by atoms with Gasteiger partial charge >= 0.3 is 6.09 Å². The molecule has 0 aromatic carbocycles. The zero-order valence-electron chi connectivity index (χ0n) is 14.7. The van der Waals surface area contributed by atoms with Gasteiger partial charge in [0.25, 0.3) is 0 Å². The van der Waals surface area contributed by atoms with E-state index in [1.165, 1.54) is 4.90 Å². The Kier molecular flexibility index (Phi) is 6.08. The SMILES string of the molecule is CC(C)(C)C1C=C(c2ncc(CC(O)CO)cc2Cl)CCN1C(=O)O. The van der Waals surface area contributed by atoms with Gasteiger partial charge in [0.15, 0.2) is 0 Å². The number of amides is 1. The molecular weight excluding hydrogens is 344 g/mol. The number of aliphatic hydroxyl groups is 2. The van der Waals surface area contributed by atoms with Gasteiger partial charge in [0, 0.05) is 19.2 Å². The molecule has 138 valence electrons. The van der Waals surface area contributed by atoms with E-state index in [0.717, 1.165) is 11.1 Å². The lowest BCUT2D eigenvalue weighted by molar-refractivity contribution is 0.0954. The fourth-order valence-electron chi connectivity index (χ4n) is 3.04. The van der Waals surface area contributed by atoms with E-state index in [4.69, 9.17) is 16.7 Å². The molecule has 0 saturated heterocycles. The standard InChI is InChI=1S/C18H25ClN2O4/c1-18(2,3)15-8-12(4-5-21(15)17(24)25)16-14(19)7-11(9-20-16)6-13(23)10-22/h7-9,13,15,22-23H,4-6,10H2,1-3H3,(H,24,25). The normalized spacial score (nSPS) is 19.5. The quantitative estimate of drug-likeness (QED) is 0.759. The second-order valence-corrected chi connectivity index (χ2v) is 7.85. The van der Waals surface area contributed by atoms with Crippen molar-refractivity contribution >= 4 is 23.3 Å². The maximum Gasteiger partial charge on any atom is 0.407 e. The number of aromatic nitrogens is 1. The number of nitrogens with zero attached hydrogens (tertiary/aromatic N) is 2. The Balaban J connectivity index is 2.33. The third kappa shape index (κ3) is 4.71. The third-order valence-electron chi connectivity index (χ3n) is 4.33. The Bertz CT molecular complexity index is 670. The van der Waals surface area contributed by atoms with E-state index in [2.05, 4.69) is 4.98 Å². The maximum atomic E-state index is 11.5. The van der Waals surface area contributed by atoms with E-state index in [0.29, 0.717) is 23.7 Å². The fourth-order valence-corrected chi connectivity index (χ4v) is 3.35. The molecule has 1 aliphatic rings. The van der Waals surface area contributed by atoms with E-state index < -0.39 is 12.2 Å². The molecule has 0 aliphatic carbocycles. The van der Waals surface area contributed by atoms with Crippen molar-refractivity contribution < 1.29 is 20.1 Å². The van der Waals surface area contributed by atoms with Crippen molar-refractivity contribution in [2.24, 2.45) is 5.41 Å². The topological polar surface area (TPSA) is 93.9 Å². The van der Waals surface area contributed by atoms with Gasteiger partial charge in [0.05, 0.1) is 29.5 Å². The van der Waals surface area contributed by atoms with Crippen LogP contribution in [-0.2, 0) is 6.42 Å². The van der Waals surface area contributed by atoms with E-state index in [1.54, 1.807) is 12.3 Å². The maximum absolute atomic E-state index is 11.5. The molecular formula is C18H25ClN2O4. The van der Waals surface area contributed by atoms with Crippen LogP contribution in [0.3, 0.4) is 0 Å². The second-order valence-electron chi connectivity index (χ2n) is 7.44. The van der Waals surface area contributed by atoms with E-state index in [-0.39, 0.29) is 24.5 Å². The van der Waals surface area contributed by atoms with Crippen LogP contribution in [0.2, 0.25) is 5.02 Å². The first kappa shape index (κ1) is 19.7. The van der Waals surface area contributed by atoms with Crippen molar-refractivity contribution in [3.63, 3.8) is 0 Å². The smallest absolute Gasteiger partial charge is 0.407 e. The highest BCUT2D eigenvalue weighted by Gasteiger charge is 2.35. The van der Waals surface area contributed by atoms with Gasteiger partial charge in [-0.25, -0.2) is 4.79 Å². The number of rotatable bonds is 4. The third-order valence-corrected chi connectivity index (χ3v) is 4.62. The number of carboxylic acid groups (broad SMARTS) is 1. The van der Waals surface area contributed by atoms with Crippen molar-refractivity contribution in [3.05, 3.63) is 34.6 Å². The van der Waals surface area contributed by atoms with Crippen LogP contribution in [0.5, 0.6) is 0 Å². The van der Waals surface area contributed by atoms with E-state index in [9.17, 15) is 15.0 Å². The van der Waals surface area contributed by atoms with Crippen LogP contribution in [0, 0.1) is 5.41 Å². The van der Waals surface area contributed by atoms with Crippen LogP contribution < -0.4 is 0 Å². The van der Waals surface area contributed by atoms with Gasteiger partial charge in [-0.2, -0.15) is 0 Å². The molecule has 3 N–H and O–H groups in total. The molecule has 25 heavy (non-hydrogen) atoms. The molecule has 1 aromatic heterocycles. The summed E-state index contributed by atoms with van der Waals surface area (Å²) in [4.78, 5) is 17.4. The number of pyridine rings is 1. The lowest BCUT2D eigenvalue weighted by Crippen LogP contribution is -2.48. The molecule has 0 saturated carbocycles. The first-order valence-corrected chi connectivity index (χ1v) is 8.65. The summed E-state index contributed by atoms with van der Waals surface area (Å²) in [5, 5.41) is 28.4. The number of hydrogen-bond acceptors (Lipinski definition) is 4. The summed E-state index contributed by atoms with van der Waals surface area (Å²) in [6.45, 7) is 6.08. The minimum absolute atomic E-state index is 0.248. The highest BCUT2D eigenvalue weighted by atomic mass is 35.5. The second kappa shape index (κ2) is 7.72. The Morgan fingerprint density at radius 2 is 2.16 bits per heavy atom. The molecule has 2 rings (SSSR count). The number of hydrogen-bond donors (Lipinski definition) is 3. The summed E-state index contributed by atoms with van der Waals surface area (Å²) in [7, 11) is 0. The van der Waals surface area contributed by atoms with Gasteiger partial charge in [0.2, 0.25) is 0 Å². The monoisotopic (exact) mass is 368 g/mol. The van der Waals surface area contributed by atoms with Gasteiger partial charge in [-0.05, 0) is 29.0 Å². The Morgan fingerprint density at radius 1 is 1.48 bits per heavy atom. The fraction of sp³-hybridized carbons (Fsp3) is 0.556. The van der Waals surface area contributed by atoms with Crippen LogP contribution >= 0.6 is 11.6 Å². The molecule has 0 radical (unpaired) electrons. The van der Waals surface area contributed by atoms with Crippen molar-refractivity contribution in [1.82, 2.24) is 9.88 Å². The van der Waals surface area contributed by atoms with Crippen molar-refractivity contribution in [1.29, 1.82) is 0 Å². The highest BCUT2D eigenvalue weighted by Crippen LogP contribution is 2.35. The largest absolute Gasteiger partial charge is 0.465 e. The molecule has 2 unspecified atom stereocenters. The predicted octanol–water partition coefficient (Wildman–Crippen LogP) is 2.81. The average Bonchev–Trinajstić information content (AvgIpc) is 2.53. The molecule has 1 aromatic rings. The summed E-state index contributed by atoms with van der Waals surface area (Å²) < 4.78 is 0. The Hall–Kier alpha value is -1.63. The zero-order valence-corrected chi connectivity index (χ0v) is 15.5. The first-order valence-electron chi connectivity index (χ1n) is 8.27. The Labute approximate surface area is 152 Å². The Morgan fingerprint density at radius 3 is 2.68 bits per heavy atom. The molecule has 0 spiro atoms. The minimum Gasteiger partial charge on any atom is -0.465 e. The number of halogens is 1. The minimum atomic E-state index is -0.928. The molecule has 1 amide bonds. The molecule has 1 aliphatic heterocycles. The van der Waals surface area contributed by atoms with Gasteiger partial charge < -0.3 is 20.2 Å². The summed E-state index contributed by atoms with van der Waals surface area (Å²) in [5.74, 6) is 0. The van der Waals surface area contributed by atoms with Crippen LogP contribution in [0.15, 0.2) is 18.3 Å². The van der Waals surface area contributed by atoms with Gasteiger partial charge in [-0.15, -0.1) is 0 Å². The van der Waals surface area contributed by atoms with Gasteiger partial charge in [-0.3, -0.25) is 4.98 Å². The molecule has 0 fully saturated rings.